The number of para-hydroxylation sites is 1. The molecule has 0 atom stereocenters. The van der Waals surface area contributed by atoms with Gasteiger partial charge >= 0.3 is 12.1 Å². The summed E-state index contributed by atoms with van der Waals surface area (Å²) in [5, 5.41) is 0. The summed E-state index contributed by atoms with van der Waals surface area (Å²) in [6.45, 7) is 1.25. The van der Waals surface area contributed by atoms with E-state index in [1.165, 1.54) is 30.3 Å². The molecule has 0 spiro atoms. The van der Waals surface area contributed by atoms with E-state index in [-0.39, 0.29) is 34.9 Å². The number of carbonyl (C=O) groups is 2. The SMILES string of the molecule is C/C(=N\C(=O)OCc1ccc(N(C(N)=O)c2ccccc2F)nc1-c1ccc(F)cc1F)N(C)C. The van der Waals surface area contributed by atoms with Crippen molar-refractivity contribution in [2.24, 2.45) is 10.7 Å². The van der Waals surface area contributed by atoms with Crippen LogP contribution in [-0.4, -0.2) is 41.9 Å². The highest BCUT2D eigenvalue weighted by Crippen LogP contribution is 2.32. The van der Waals surface area contributed by atoms with Gasteiger partial charge in [0.25, 0.3) is 0 Å². The lowest BCUT2D eigenvalue weighted by atomic mass is 10.1. The lowest BCUT2D eigenvalue weighted by molar-refractivity contribution is 0.150. The summed E-state index contributed by atoms with van der Waals surface area (Å²) in [6.07, 6.45) is -0.893. The molecule has 0 aliphatic carbocycles. The van der Waals surface area contributed by atoms with E-state index in [1.807, 2.05) is 0 Å². The summed E-state index contributed by atoms with van der Waals surface area (Å²) in [7, 11) is 3.40. The van der Waals surface area contributed by atoms with Crippen LogP contribution in [0.15, 0.2) is 59.6 Å². The summed E-state index contributed by atoms with van der Waals surface area (Å²) in [5.41, 5.74) is 5.33. The van der Waals surface area contributed by atoms with Crippen LogP contribution in [0.1, 0.15) is 12.5 Å². The van der Waals surface area contributed by atoms with Crippen LogP contribution < -0.4 is 10.6 Å². The number of aliphatic imine (C=N–C) groups is 1. The normalized spacial score (nSPS) is 11.2. The van der Waals surface area contributed by atoms with Gasteiger partial charge in [0.05, 0.1) is 11.4 Å². The molecular weight excluding hydrogens is 463 g/mol. The minimum absolute atomic E-state index is 0.0660. The largest absolute Gasteiger partial charge is 0.443 e. The molecule has 3 aromatic rings. The van der Waals surface area contributed by atoms with E-state index in [4.69, 9.17) is 10.5 Å². The number of hydrogen-bond donors (Lipinski definition) is 1. The van der Waals surface area contributed by atoms with Crippen molar-refractivity contribution in [3.8, 4) is 11.3 Å². The van der Waals surface area contributed by atoms with Crippen molar-refractivity contribution in [3.63, 3.8) is 0 Å². The Balaban J connectivity index is 2.08. The van der Waals surface area contributed by atoms with E-state index in [0.29, 0.717) is 11.9 Å². The predicted molar refractivity (Wildman–Crippen MR) is 125 cm³/mol. The smallest absolute Gasteiger partial charge is 0.435 e. The Hall–Kier alpha value is -4.41. The van der Waals surface area contributed by atoms with Gasteiger partial charge in [-0.05, 0) is 43.3 Å². The molecule has 2 aromatic carbocycles. The van der Waals surface area contributed by atoms with Crippen molar-refractivity contribution in [1.29, 1.82) is 0 Å². The molecule has 0 radical (unpaired) electrons. The number of hydrogen-bond acceptors (Lipinski definition) is 4. The molecular formula is C24H22F3N5O3. The first kappa shape index (κ1) is 25.2. The first-order valence-corrected chi connectivity index (χ1v) is 10.3. The van der Waals surface area contributed by atoms with Gasteiger partial charge in [0, 0.05) is 31.3 Å². The Morgan fingerprint density at radius 3 is 2.37 bits per heavy atom. The molecule has 8 nitrogen and oxygen atoms in total. The zero-order chi connectivity index (χ0) is 25.7. The van der Waals surface area contributed by atoms with Crippen LogP contribution in [0.25, 0.3) is 11.3 Å². The van der Waals surface area contributed by atoms with E-state index in [2.05, 4.69) is 9.98 Å². The molecule has 0 fully saturated rings. The van der Waals surface area contributed by atoms with Crippen molar-refractivity contribution in [3.05, 3.63) is 77.6 Å². The quantitative estimate of drug-likeness (QED) is 0.405. The third-order valence-electron chi connectivity index (χ3n) is 4.94. The molecule has 11 heteroatoms. The molecule has 182 valence electrons. The molecule has 0 aliphatic rings. The Morgan fingerprint density at radius 1 is 1.03 bits per heavy atom. The van der Waals surface area contributed by atoms with Crippen molar-refractivity contribution in [2.75, 3.05) is 19.0 Å². The number of primary amides is 1. The van der Waals surface area contributed by atoms with Crippen LogP contribution in [-0.2, 0) is 11.3 Å². The van der Waals surface area contributed by atoms with Gasteiger partial charge < -0.3 is 15.4 Å². The number of carbonyl (C=O) groups excluding carboxylic acids is 2. The van der Waals surface area contributed by atoms with E-state index in [9.17, 15) is 22.8 Å². The first-order chi connectivity index (χ1) is 16.6. The number of nitrogens with two attached hydrogens (primary N) is 1. The Bertz CT molecular complexity index is 1300. The zero-order valence-corrected chi connectivity index (χ0v) is 19.1. The van der Waals surface area contributed by atoms with Gasteiger partial charge in [-0.2, -0.15) is 4.99 Å². The van der Waals surface area contributed by atoms with Crippen LogP contribution in [0, 0.1) is 17.5 Å². The van der Waals surface area contributed by atoms with E-state index in [0.717, 1.165) is 23.1 Å². The summed E-state index contributed by atoms with van der Waals surface area (Å²) >= 11 is 0. The molecule has 35 heavy (non-hydrogen) atoms. The average Bonchev–Trinajstić information content (AvgIpc) is 2.79. The fourth-order valence-electron chi connectivity index (χ4n) is 3.03. The monoisotopic (exact) mass is 485 g/mol. The van der Waals surface area contributed by atoms with Crippen molar-refractivity contribution < 1.29 is 27.5 Å². The molecule has 0 unspecified atom stereocenters. The summed E-state index contributed by atoms with van der Waals surface area (Å²) < 4.78 is 47.8. The van der Waals surface area contributed by atoms with Crippen molar-refractivity contribution in [2.45, 2.75) is 13.5 Å². The fourth-order valence-corrected chi connectivity index (χ4v) is 3.03. The zero-order valence-electron chi connectivity index (χ0n) is 19.1. The highest BCUT2D eigenvalue weighted by molar-refractivity contribution is 5.98. The van der Waals surface area contributed by atoms with Gasteiger partial charge in [0.15, 0.2) is 0 Å². The van der Waals surface area contributed by atoms with Gasteiger partial charge in [-0.15, -0.1) is 0 Å². The molecule has 2 N–H and O–H groups in total. The molecule has 1 aromatic heterocycles. The maximum absolute atomic E-state index is 14.7. The molecule has 0 aliphatic heterocycles. The van der Waals surface area contributed by atoms with Gasteiger partial charge in [-0.3, -0.25) is 0 Å². The molecule has 3 rings (SSSR count). The number of urea groups is 1. The lowest BCUT2D eigenvalue weighted by Crippen LogP contribution is -2.33. The van der Waals surface area contributed by atoms with Crippen LogP contribution >= 0.6 is 0 Å². The van der Waals surface area contributed by atoms with Gasteiger partial charge in [-0.1, -0.05) is 12.1 Å². The number of pyridine rings is 1. The Labute approximate surface area is 199 Å². The first-order valence-electron chi connectivity index (χ1n) is 10.3. The third kappa shape index (κ3) is 5.94. The number of anilines is 2. The summed E-state index contributed by atoms with van der Waals surface area (Å²) in [6, 6.07) is 9.92. The average molecular weight is 485 g/mol. The van der Waals surface area contributed by atoms with Crippen LogP contribution in [0.3, 0.4) is 0 Å². The number of nitrogens with zero attached hydrogens (tertiary/aromatic N) is 4. The summed E-state index contributed by atoms with van der Waals surface area (Å²) in [4.78, 5) is 34.8. The van der Waals surface area contributed by atoms with Crippen molar-refractivity contribution >= 4 is 29.5 Å². The number of ether oxygens (including phenoxy) is 1. The number of aromatic nitrogens is 1. The minimum atomic E-state index is -1.04. The number of amidine groups is 1. The predicted octanol–water partition coefficient (Wildman–Crippen LogP) is 5.00. The van der Waals surface area contributed by atoms with Crippen LogP contribution in [0.5, 0.6) is 0 Å². The maximum atomic E-state index is 14.7. The van der Waals surface area contributed by atoms with Crippen molar-refractivity contribution in [1.82, 2.24) is 9.88 Å². The van der Waals surface area contributed by atoms with E-state index in [1.54, 1.807) is 25.9 Å². The fraction of sp³-hybridized carbons (Fsp3) is 0.167. The minimum Gasteiger partial charge on any atom is -0.443 e. The highest BCUT2D eigenvalue weighted by atomic mass is 19.1. The second-order valence-electron chi connectivity index (χ2n) is 7.53. The number of benzene rings is 2. The highest BCUT2D eigenvalue weighted by Gasteiger charge is 2.23. The van der Waals surface area contributed by atoms with Gasteiger partial charge in [0.1, 0.15) is 35.7 Å². The molecule has 0 saturated heterocycles. The Kier molecular flexibility index (Phi) is 7.69. The lowest BCUT2D eigenvalue weighted by Gasteiger charge is -2.22. The topological polar surface area (TPSA) is 101 Å². The van der Waals surface area contributed by atoms with Gasteiger partial charge in [0.2, 0.25) is 0 Å². The maximum Gasteiger partial charge on any atom is 0.435 e. The number of rotatable bonds is 5. The number of amides is 3. The molecule has 0 bridgehead atoms. The van der Waals surface area contributed by atoms with E-state index >= 15 is 0 Å². The van der Waals surface area contributed by atoms with E-state index < -0.39 is 29.6 Å². The standard InChI is InChI=1S/C24H22F3N5O3/c1-14(31(2)3)29-24(34)35-13-15-8-11-21(30-22(15)17-10-9-16(25)12-19(17)27)32(23(28)33)20-7-5-4-6-18(20)26/h4-12H,13H2,1-3H3,(H2,28,33)/b29-14+. The van der Waals surface area contributed by atoms with Crippen LogP contribution in [0.4, 0.5) is 34.3 Å². The third-order valence-corrected chi connectivity index (χ3v) is 4.94. The van der Waals surface area contributed by atoms with Crippen LogP contribution in [0.2, 0.25) is 0 Å². The summed E-state index contributed by atoms with van der Waals surface area (Å²) in [5.74, 6) is -2.22. The number of halogens is 3. The second kappa shape index (κ2) is 10.7. The second-order valence-corrected chi connectivity index (χ2v) is 7.53. The molecule has 1 heterocycles. The Morgan fingerprint density at radius 2 is 1.74 bits per heavy atom. The molecule has 3 amide bonds. The molecule has 0 saturated carbocycles. The van der Waals surface area contributed by atoms with Gasteiger partial charge in [-0.25, -0.2) is 32.6 Å².